The Bertz CT molecular complexity index is 318. The Balaban J connectivity index is 2.92. The fraction of sp³-hybridized carbons (Fsp3) is 0.538. The summed E-state index contributed by atoms with van der Waals surface area (Å²) < 4.78 is 18.7. The molecule has 0 aliphatic rings. The number of rotatable bonds is 4. The third kappa shape index (κ3) is 3.90. The molecule has 0 aromatic heterocycles. The highest BCUT2D eigenvalue weighted by Gasteiger charge is 2.08. The average Bonchev–Trinajstić information content (AvgIpc) is 2.08. The minimum atomic E-state index is -0.193. The lowest BCUT2D eigenvalue weighted by Crippen LogP contribution is -2.08. The largest absolute Gasteiger partial charge is 0.491 e. The van der Waals surface area contributed by atoms with Gasteiger partial charge in [0.2, 0.25) is 0 Å². The second-order valence-electron chi connectivity index (χ2n) is 4.52. The van der Waals surface area contributed by atoms with Crippen molar-refractivity contribution in [3.05, 3.63) is 29.6 Å². The Morgan fingerprint density at radius 2 is 1.87 bits per heavy atom. The summed E-state index contributed by atoms with van der Waals surface area (Å²) in [5.74, 6) is 1.11. The van der Waals surface area contributed by atoms with E-state index in [9.17, 15) is 4.39 Å². The predicted molar refractivity (Wildman–Crippen MR) is 60.7 cm³/mol. The molecule has 0 unspecified atom stereocenters. The van der Waals surface area contributed by atoms with Crippen LogP contribution in [-0.2, 0) is 6.42 Å². The van der Waals surface area contributed by atoms with Gasteiger partial charge in [0.25, 0.3) is 0 Å². The van der Waals surface area contributed by atoms with Gasteiger partial charge in [0.1, 0.15) is 11.6 Å². The zero-order valence-electron chi connectivity index (χ0n) is 9.88. The number of benzene rings is 1. The van der Waals surface area contributed by atoms with Crippen molar-refractivity contribution in [2.75, 3.05) is 0 Å². The molecule has 0 saturated carbocycles. The number of hydrogen-bond acceptors (Lipinski definition) is 1. The Morgan fingerprint density at radius 1 is 1.20 bits per heavy atom. The molecule has 84 valence electrons. The van der Waals surface area contributed by atoms with E-state index in [-0.39, 0.29) is 11.9 Å². The van der Waals surface area contributed by atoms with Crippen LogP contribution in [0.3, 0.4) is 0 Å². The van der Waals surface area contributed by atoms with Crippen molar-refractivity contribution in [3.63, 3.8) is 0 Å². The van der Waals surface area contributed by atoms with Crippen molar-refractivity contribution in [2.24, 2.45) is 5.92 Å². The summed E-state index contributed by atoms with van der Waals surface area (Å²) in [6, 6.07) is 4.73. The van der Waals surface area contributed by atoms with Gasteiger partial charge in [-0.15, -0.1) is 0 Å². The molecule has 0 heterocycles. The highest BCUT2D eigenvalue weighted by Crippen LogP contribution is 2.23. The zero-order valence-corrected chi connectivity index (χ0v) is 9.88. The van der Waals surface area contributed by atoms with Crippen molar-refractivity contribution in [1.82, 2.24) is 0 Å². The third-order valence-corrected chi connectivity index (χ3v) is 2.01. The molecule has 1 aromatic carbocycles. The van der Waals surface area contributed by atoms with Gasteiger partial charge in [0, 0.05) is 0 Å². The van der Waals surface area contributed by atoms with E-state index in [1.165, 1.54) is 6.07 Å². The molecule has 1 rings (SSSR count). The molecule has 0 bridgehead atoms. The van der Waals surface area contributed by atoms with Gasteiger partial charge < -0.3 is 4.74 Å². The number of ether oxygens (including phenoxy) is 1. The predicted octanol–water partition coefficient (Wildman–Crippen LogP) is 3.81. The number of halogens is 1. The molecule has 0 spiro atoms. The lowest BCUT2D eigenvalue weighted by Gasteiger charge is -2.15. The molecule has 0 radical (unpaired) electrons. The molecule has 1 nitrogen and oxygen atoms in total. The van der Waals surface area contributed by atoms with E-state index in [1.54, 1.807) is 12.1 Å². The first-order valence-corrected chi connectivity index (χ1v) is 5.44. The zero-order chi connectivity index (χ0) is 11.4. The van der Waals surface area contributed by atoms with Crippen LogP contribution in [0.5, 0.6) is 5.75 Å². The summed E-state index contributed by atoms with van der Waals surface area (Å²) in [7, 11) is 0. The smallest absolute Gasteiger partial charge is 0.123 e. The highest BCUT2D eigenvalue weighted by atomic mass is 19.1. The van der Waals surface area contributed by atoms with E-state index in [2.05, 4.69) is 13.8 Å². The fourth-order valence-corrected chi connectivity index (χ4v) is 1.52. The van der Waals surface area contributed by atoms with Gasteiger partial charge >= 0.3 is 0 Å². The van der Waals surface area contributed by atoms with Crippen LogP contribution in [0.1, 0.15) is 33.3 Å². The molecule has 0 aliphatic heterocycles. The Labute approximate surface area is 91.3 Å². The second kappa shape index (κ2) is 5.15. The van der Waals surface area contributed by atoms with Crippen LogP contribution in [0.25, 0.3) is 0 Å². The van der Waals surface area contributed by atoms with Crippen molar-refractivity contribution in [3.8, 4) is 5.75 Å². The van der Waals surface area contributed by atoms with Gasteiger partial charge in [-0.3, -0.25) is 0 Å². The number of hydrogen-bond donors (Lipinski definition) is 0. The minimum absolute atomic E-state index is 0.126. The summed E-state index contributed by atoms with van der Waals surface area (Å²) in [5.41, 5.74) is 0.957. The summed E-state index contributed by atoms with van der Waals surface area (Å²) in [5, 5.41) is 0. The van der Waals surface area contributed by atoms with Crippen molar-refractivity contribution in [1.29, 1.82) is 0 Å². The molecule has 0 amide bonds. The molecule has 2 heteroatoms. The molecular weight excluding hydrogens is 191 g/mol. The van der Waals surface area contributed by atoms with Crippen LogP contribution in [0.4, 0.5) is 4.39 Å². The van der Waals surface area contributed by atoms with Gasteiger partial charge in [-0.1, -0.05) is 13.8 Å². The molecule has 0 atom stereocenters. The monoisotopic (exact) mass is 210 g/mol. The van der Waals surface area contributed by atoms with Gasteiger partial charge in [-0.2, -0.15) is 0 Å². The van der Waals surface area contributed by atoms with Crippen LogP contribution >= 0.6 is 0 Å². The normalized spacial score (nSPS) is 11.1. The Kier molecular flexibility index (Phi) is 4.13. The fourth-order valence-electron chi connectivity index (χ4n) is 1.52. The topological polar surface area (TPSA) is 9.23 Å². The first kappa shape index (κ1) is 12.0. The molecule has 0 aliphatic carbocycles. The summed E-state index contributed by atoms with van der Waals surface area (Å²) in [4.78, 5) is 0. The van der Waals surface area contributed by atoms with Gasteiger partial charge in [-0.05, 0) is 49.9 Å². The molecule has 15 heavy (non-hydrogen) atoms. The second-order valence-corrected chi connectivity index (χ2v) is 4.52. The van der Waals surface area contributed by atoms with E-state index in [0.29, 0.717) is 5.92 Å². The standard InChI is InChI=1S/C13H19FO/c1-9(2)7-11-8-12(14)5-6-13(11)15-10(3)4/h5-6,8-10H,7H2,1-4H3. The first-order chi connectivity index (χ1) is 6.99. The maximum atomic E-state index is 13.1. The Hall–Kier alpha value is -1.05. The quantitative estimate of drug-likeness (QED) is 0.734. The van der Waals surface area contributed by atoms with E-state index in [0.717, 1.165) is 17.7 Å². The average molecular weight is 210 g/mol. The van der Waals surface area contributed by atoms with Crippen LogP contribution in [0.2, 0.25) is 0 Å². The highest BCUT2D eigenvalue weighted by molar-refractivity contribution is 5.34. The van der Waals surface area contributed by atoms with Crippen molar-refractivity contribution in [2.45, 2.75) is 40.2 Å². The summed E-state index contributed by atoms with van der Waals surface area (Å²) in [6.07, 6.45) is 0.973. The maximum Gasteiger partial charge on any atom is 0.123 e. The Morgan fingerprint density at radius 3 is 2.40 bits per heavy atom. The SMILES string of the molecule is CC(C)Cc1cc(F)ccc1OC(C)C. The minimum Gasteiger partial charge on any atom is -0.491 e. The van der Waals surface area contributed by atoms with E-state index in [4.69, 9.17) is 4.74 Å². The van der Waals surface area contributed by atoms with Crippen LogP contribution in [0, 0.1) is 11.7 Å². The summed E-state index contributed by atoms with van der Waals surface area (Å²) >= 11 is 0. The van der Waals surface area contributed by atoms with Crippen molar-refractivity contribution < 1.29 is 9.13 Å². The van der Waals surface area contributed by atoms with Gasteiger partial charge in [0.05, 0.1) is 6.10 Å². The molecular formula is C13H19FO. The third-order valence-electron chi connectivity index (χ3n) is 2.01. The van der Waals surface area contributed by atoms with E-state index >= 15 is 0 Å². The van der Waals surface area contributed by atoms with Crippen molar-refractivity contribution >= 4 is 0 Å². The molecule has 0 N–H and O–H groups in total. The van der Waals surface area contributed by atoms with E-state index < -0.39 is 0 Å². The van der Waals surface area contributed by atoms with Gasteiger partial charge in [-0.25, -0.2) is 4.39 Å². The molecule has 0 fully saturated rings. The molecule has 1 aromatic rings. The summed E-state index contributed by atoms with van der Waals surface area (Å²) in [6.45, 7) is 8.18. The maximum absolute atomic E-state index is 13.1. The first-order valence-electron chi connectivity index (χ1n) is 5.44. The lowest BCUT2D eigenvalue weighted by atomic mass is 10.0. The van der Waals surface area contributed by atoms with Gasteiger partial charge in [0.15, 0.2) is 0 Å². The van der Waals surface area contributed by atoms with Crippen LogP contribution in [0.15, 0.2) is 18.2 Å². The lowest BCUT2D eigenvalue weighted by molar-refractivity contribution is 0.239. The molecule has 0 saturated heterocycles. The van der Waals surface area contributed by atoms with Crippen LogP contribution in [-0.4, -0.2) is 6.10 Å². The van der Waals surface area contributed by atoms with E-state index in [1.807, 2.05) is 13.8 Å². The van der Waals surface area contributed by atoms with Crippen LogP contribution < -0.4 is 4.74 Å².